The summed E-state index contributed by atoms with van der Waals surface area (Å²) in [5, 5.41) is 20.1. The Morgan fingerprint density at radius 1 is 1.50 bits per heavy atom. The molecule has 1 saturated carbocycles. The standard InChI is InChI=1S/C12H15NO4S/c13-12(11(16)17,9-6-8(9)10(14)15)4-3-7-2-1-5-18-7/h1-2,5,8-9H,3-4,6,13H2,(H,14,15)(H,16,17)/t8-,9-,12?/m0/s1. The lowest BCUT2D eigenvalue weighted by Crippen LogP contribution is -2.51. The minimum atomic E-state index is -1.42. The number of thiophene rings is 1. The minimum Gasteiger partial charge on any atom is -0.481 e. The van der Waals surface area contributed by atoms with Crippen molar-refractivity contribution in [3.63, 3.8) is 0 Å². The number of nitrogens with two attached hydrogens (primary N) is 1. The van der Waals surface area contributed by atoms with Crippen LogP contribution in [-0.2, 0) is 16.0 Å². The molecule has 2 rings (SSSR count). The highest BCUT2D eigenvalue weighted by molar-refractivity contribution is 7.09. The zero-order valence-electron chi connectivity index (χ0n) is 9.70. The molecule has 0 bridgehead atoms. The Hall–Kier alpha value is -1.40. The molecule has 0 aliphatic heterocycles. The lowest BCUT2D eigenvalue weighted by molar-refractivity contribution is -0.145. The van der Waals surface area contributed by atoms with Crippen LogP contribution in [0.3, 0.4) is 0 Å². The predicted molar refractivity (Wildman–Crippen MR) is 66.4 cm³/mol. The van der Waals surface area contributed by atoms with Gasteiger partial charge in [0.25, 0.3) is 0 Å². The second kappa shape index (κ2) is 4.70. The maximum Gasteiger partial charge on any atom is 0.324 e. The number of carboxylic acids is 2. The highest BCUT2D eigenvalue weighted by Crippen LogP contribution is 2.47. The van der Waals surface area contributed by atoms with E-state index >= 15 is 0 Å². The molecule has 4 N–H and O–H groups in total. The summed E-state index contributed by atoms with van der Waals surface area (Å²) in [6.07, 6.45) is 1.21. The summed E-state index contributed by atoms with van der Waals surface area (Å²) in [4.78, 5) is 23.2. The van der Waals surface area contributed by atoms with Crippen LogP contribution in [0.2, 0.25) is 0 Å². The Balaban J connectivity index is 2.04. The Morgan fingerprint density at radius 2 is 2.22 bits per heavy atom. The first kappa shape index (κ1) is 13.0. The first-order valence-corrected chi connectivity index (χ1v) is 6.60. The van der Waals surface area contributed by atoms with Gasteiger partial charge in [0.05, 0.1) is 5.92 Å². The zero-order chi connectivity index (χ0) is 13.3. The lowest BCUT2D eigenvalue weighted by Gasteiger charge is -2.24. The number of carboxylic acid groups (broad SMARTS) is 2. The summed E-state index contributed by atoms with van der Waals surface area (Å²) in [7, 11) is 0. The first-order valence-electron chi connectivity index (χ1n) is 5.72. The van der Waals surface area contributed by atoms with Gasteiger partial charge in [-0.1, -0.05) is 6.07 Å². The van der Waals surface area contributed by atoms with E-state index in [-0.39, 0.29) is 6.42 Å². The predicted octanol–water partition coefficient (Wildman–Crippen LogP) is 1.18. The fraction of sp³-hybridized carbons (Fsp3) is 0.500. The summed E-state index contributed by atoms with van der Waals surface area (Å²) in [6.45, 7) is 0. The summed E-state index contributed by atoms with van der Waals surface area (Å²) >= 11 is 1.55. The Morgan fingerprint density at radius 3 is 2.67 bits per heavy atom. The molecule has 0 saturated heterocycles. The summed E-state index contributed by atoms with van der Waals surface area (Å²) in [5.74, 6) is -3.11. The lowest BCUT2D eigenvalue weighted by atomic mass is 9.87. The number of hydrogen-bond acceptors (Lipinski definition) is 4. The van der Waals surface area contributed by atoms with Crippen molar-refractivity contribution in [1.82, 2.24) is 0 Å². The number of aryl methyl sites for hydroxylation is 1. The topological polar surface area (TPSA) is 101 Å². The van der Waals surface area contributed by atoms with Gasteiger partial charge < -0.3 is 15.9 Å². The van der Waals surface area contributed by atoms with E-state index in [9.17, 15) is 14.7 Å². The Bertz CT molecular complexity index is 459. The fourth-order valence-corrected chi connectivity index (χ4v) is 2.98. The summed E-state index contributed by atoms with van der Waals surface area (Å²) < 4.78 is 0. The van der Waals surface area contributed by atoms with Gasteiger partial charge in [-0.2, -0.15) is 0 Å². The molecule has 1 aliphatic rings. The first-order chi connectivity index (χ1) is 8.45. The van der Waals surface area contributed by atoms with E-state index in [1.807, 2.05) is 17.5 Å². The molecule has 1 heterocycles. The van der Waals surface area contributed by atoms with Crippen LogP contribution in [0.15, 0.2) is 17.5 Å². The molecule has 0 amide bonds. The van der Waals surface area contributed by atoms with Crippen molar-refractivity contribution in [2.24, 2.45) is 17.6 Å². The molecule has 98 valence electrons. The number of carbonyl (C=O) groups is 2. The molecule has 1 aromatic heterocycles. The number of aliphatic carboxylic acids is 2. The average molecular weight is 269 g/mol. The van der Waals surface area contributed by atoms with Gasteiger partial charge in [-0.3, -0.25) is 9.59 Å². The maximum atomic E-state index is 11.3. The molecule has 0 aromatic carbocycles. The third-order valence-electron chi connectivity index (χ3n) is 3.53. The third kappa shape index (κ3) is 2.39. The van der Waals surface area contributed by atoms with E-state index in [2.05, 4.69) is 0 Å². The van der Waals surface area contributed by atoms with Crippen molar-refractivity contribution in [3.8, 4) is 0 Å². The van der Waals surface area contributed by atoms with Crippen LogP contribution >= 0.6 is 11.3 Å². The highest BCUT2D eigenvalue weighted by atomic mass is 32.1. The Kier molecular flexibility index (Phi) is 3.41. The smallest absolute Gasteiger partial charge is 0.324 e. The highest BCUT2D eigenvalue weighted by Gasteiger charge is 2.57. The van der Waals surface area contributed by atoms with Crippen molar-refractivity contribution in [3.05, 3.63) is 22.4 Å². The monoisotopic (exact) mass is 269 g/mol. The number of hydrogen-bond donors (Lipinski definition) is 3. The van der Waals surface area contributed by atoms with E-state index in [0.717, 1.165) is 4.88 Å². The SMILES string of the molecule is NC(CCc1cccs1)(C(=O)O)[C@H]1C[C@@H]1C(=O)O. The largest absolute Gasteiger partial charge is 0.481 e. The molecule has 1 unspecified atom stereocenters. The van der Waals surface area contributed by atoms with E-state index in [1.54, 1.807) is 11.3 Å². The van der Waals surface area contributed by atoms with Gasteiger partial charge >= 0.3 is 11.9 Å². The molecule has 0 spiro atoms. The van der Waals surface area contributed by atoms with Crippen LogP contribution in [-0.4, -0.2) is 27.7 Å². The molecule has 1 aromatic rings. The Labute approximate surface area is 108 Å². The van der Waals surface area contributed by atoms with Crippen molar-refractivity contribution in [2.75, 3.05) is 0 Å². The van der Waals surface area contributed by atoms with Crippen LogP contribution in [0, 0.1) is 11.8 Å². The summed E-state index contributed by atoms with van der Waals surface area (Å²) in [5.41, 5.74) is 4.51. The van der Waals surface area contributed by atoms with Crippen molar-refractivity contribution in [2.45, 2.75) is 24.8 Å². The zero-order valence-corrected chi connectivity index (χ0v) is 10.5. The van der Waals surface area contributed by atoms with Crippen LogP contribution in [0.25, 0.3) is 0 Å². The molecule has 3 atom stereocenters. The van der Waals surface area contributed by atoms with Gasteiger partial charge in [0, 0.05) is 10.8 Å². The van der Waals surface area contributed by atoms with E-state index in [0.29, 0.717) is 12.8 Å². The second-order valence-electron chi connectivity index (χ2n) is 4.71. The van der Waals surface area contributed by atoms with Gasteiger partial charge in [-0.05, 0) is 30.7 Å². The van der Waals surface area contributed by atoms with Gasteiger partial charge in [0.2, 0.25) is 0 Å². The van der Waals surface area contributed by atoms with Gasteiger partial charge in [-0.25, -0.2) is 0 Å². The maximum absolute atomic E-state index is 11.3. The van der Waals surface area contributed by atoms with Crippen molar-refractivity contribution < 1.29 is 19.8 Å². The van der Waals surface area contributed by atoms with Crippen LogP contribution in [0.1, 0.15) is 17.7 Å². The molecule has 0 radical (unpaired) electrons. The molecular weight excluding hydrogens is 254 g/mol. The molecule has 18 heavy (non-hydrogen) atoms. The molecule has 1 aliphatic carbocycles. The van der Waals surface area contributed by atoms with Crippen LogP contribution in [0.4, 0.5) is 0 Å². The van der Waals surface area contributed by atoms with E-state index in [1.165, 1.54) is 0 Å². The number of rotatable bonds is 6. The molecule has 6 heteroatoms. The average Bonchev–Trinajstić information content (AvgIpc) is 2.96. The quantitative estimate of drug-likeness (QED) is 0.720. The summed E-state index contributed by atoms with van der Waals surface area (Å²) in [6, 6.07) is 3.82. The van der Waals surface area contributed by atoms with Crippen molar-refractivity contribution in [1.29, 1.82) is 0 Å². The van der Waals surface area contributed by atoms with Crippen LogP contribution in [0.5, 0.6) is 0 Å². The van der Waals surface area contributed by atoms with Gasteiger partial charge in [0.15, 0.2) is 0 Å². The second-order valence-corrected chi connectivity index (χ2v) is 5.74. The normalized spacial score (nSPS) is 25.4. The van der Waals surface area contributed by atoms with E-state index < -0.39 is 29.3 Å². The van der Waals surface area contributed by atoms with Gasteiger partial charge in [-0.15, -0.1) is 11.3 Å². The van der Waals surface area contributed by atoms with Crippen LogP contribution < -0.4 is 5.73 Å². The third-order valence-corrected chi connectivity index (χ3v) is 4.47. The molecular formula is C12H15NO4S. The fourth-order valence-electron chi connectivity index (χ4n) is 2.27. The molecule has 1 fully saturated rings. The minimum absolute atomic E-state index is 0.275. The molecule has 5 nitrogen and oxygen atoms in total. The van der Waals surface area contributed by atoms with Gasteiger partial charge in [0.1, 0.15) is 5.54 Å². The van der Waals surface area contributed by atoms with Crippen molar-refractivity contribution >= 4 is 23.3 Å². The van der Waals surface area contributed by atoms with E-state index in [4.69, 9.17) is 10.8 Å².